The highest BCUT2D eigenvalue weighted by atomic mass is 32.2. The lowest BCUT2D eigenvalue weighted by molar-refractivity contribution is 0.0983. The molecule has 10 heteroatoms. The first kappa shape index (κ1) is 30.0. The SMILES string of the molecule is CCCCN(CC)S(=O)(=O)c1ccc(C(=O)N(CCN(CC)CC)c2nc3c(OC)ccc(C)c3s2)cc1. The second-order valence-electron chi connectivity index (χ2n) is 9.12. The van der Waals surface area contributed by atoms with E-state index in [9.17, 15) is 13.2 Å². The normalized spacial score (nSPS) is 12.0. The van der Waals surface area contributed by atoms with E-state index in [1.165, 1.54) is 27.8 Å². The predicted octanol–water partition coefficient (Wildman–Crippen LogP) is 5.41. The zero-order valence-electron chi connectivity index (χ0n) is 23.4. The molecule has 0 N–H and O–H groups in total. The van der Waals surface area contributed by atoms with Crippen LogP contribution in [0.5, 0.6) is 5.75 Å². The standard InChI is InChI=1S/C28H40N4O4S2/c1-7-11-18-31(10-4)38(34,35)23-15-13-22(14-16-23)27(33)32(20-19-30(8-2)9-3)28-29-25-24(36-6)17-12-21(5)26(25)37-28/h12-17H,7-11,18-20H2,1-6H3. The molecule has 2 aromatic carbocycles. The number of ether oxygens (including phenoxy) is 1. The molecule has 0 saturated carbocycles. The van der Waals surface area contributed by atoms with Crippen LogP contribution in [-0.4, -0.2) is 74.9 Å². The summed E-state index contributed by atoms with van der Waals surface area (Å²) in [7, 11) is -2.00. The molecule has 0 unspecified atom stereocenters. The molecule has 208 valence electrons. The van der Waals surface area contributed by atoms with Crippen LogP contribution in [0.15, 0.2) is 41.3 Å². The van der Waals surface area contributed by atoms with Gasteiger partial charge in [-0.05, 0) is 62.3 Å². The Labute approximate surface area is 231 Å². The number of hydrogen-bond donors (Lipinski definition) is 0. The Morgan fingerprint density at radius 2 is 1.63 bits per heavy atom. The van der Waals surface area contributed by atoms with Gasteiger partial charge in [-0.25, -0.2) is 13.4 Å². The van der Waals surface area contributed by atoms with Crippen molar-refractivity contribution in [2.75, 3.05) is 51.3 Å². The van der Waals surface area contributed by atoms with Gasteiger partial charge in [0.15, 0.2) is 5.13 Å². The van der Waals surface area contributed by atoms with Crippen LogP contribution in [0.4, 0.5) is 5.13 Å². The minimum Gasteiger partial charge on any atom is -0.494 e. The lowest BCUT2D eigenvalue weighted by atomic mass is 10.2. The second-order valence-corrected chi connectivity index (χ2v) is 12.0. The summed E-state index contributed by atoms with van der Waals surface area (Å²) < 4.78 is 34.3. The molecule has 3 rings (SSSR count). The van der Waals surface area contributed by atoms with Gasteiger partial charge in [0, 0.05) is 31.7 Å². The molecule has 8 nitrogen and oxygen atoms in total. The number of aryl methyl sites for hydroxylation is 1. The Morgan fingerprint density at radius 3 is 2.21 bits per heavy atom. The quantitative estimate of drug-likeness (QED) is 0.262. The third-order valence-electron chi connectivity index (χ3n) is 6.78. The molecule has 0 bridgehead atoms. The second kappa shape index (κ2) is 13.5. The summed E-state index contributed by atoms with van der Waals surface area (Å²) in [6.45, 7) is 13.9. The van der Waals surface area contributed by atoms with E-state index >= 15 is 0 Å². The van der Waals surface area contributed by atoms with Crippen LogP contribution in [0.1, 0.15) is 56.5 Å². The first-order chi connectivity index (χ1) is 18.2. The van der Waals surface area contributed by atoms with Crippen molar-refractivity contribution < 1.29 is 17.9 Å². The zero-order valence-corrected chi connectivity index (χ0v) is 25.0. The van der Waals surface area contributed by atoms with E-state index in [0.29, 0.717) is 42.6 Å². The van der Waals surface area contributed by atoms with Crippen LogP contribution in [0.25, 0.3) is 10.2 Å². The van der Waals surface area contributed by atoms with Gasteiger partial charge in [-0.3, -0.25) is 9.69 Å². The van der Waals surface area contributed by atoms with Crippen LogP contribution in [0.2, 0.25) is 0 Å². The van der Waals surface area contributed by atoms with Gasteiger partial charge in [0.25, 0.3) is 5.91 Å². The summed E-state index contributed by atoms with van der Waals surface area (Å²) >= 11 is 1.47. The fourth-order valence-corrected chi connectivity index (χ4v) is 6.86. The average Bonchev–Trinajstić information content (AvgIpc) is 3.37. The van der Waals surface area contributed by atoms with E-state index < -0.39 is 10.0 Å². The number of methoxy groups -OCH3 is 1. The average molecular weight is 561 g/mol. The lowest BCUT2D eigenvalue weighted by Crippen LogP contribution is -2.39. The van der Waals surface area contributed by atoms with E-state index in [0.717, 1.165) is 41.7 Å². The van der Waals surface area contributed by atoms with Crippen molar-refractivity contribution in [3.05, 3.63) is 47.5 Å². The van der Waals surface area contributed by atoms with Gasteiger partial charge in [0.2, 0.25) is 10.0 Å². The largest absolute Gasteiger partial charge is 0.494 e. The number of anilines is 1. The number of likely N-dealkylation sites (N-methyl/N-ethyl adjacent to an activating group) is 1. The number of benzene rings is 2. The third kappa shape index (κ3) is 6.54. The molecule has 0 saturated heterocycles. The molecule has 3 aromatic rings. The number of nitrogens with zero attached hydrogens (tertiary/aromatic N) is 4. The van der Waals surface area contributed by atoms with Crippen LogP contribution in [-0.2, 0) is 10.0 Å². The highest BCUT2D eigenvalue weighted by Crippen LogP contribution is 2.37. The maximum Gasteiger partial charge on any atom is 0.260 e. The number of hydrogen-bond acceptors (Lipinski definition) is 7. The highest BCUT2D eigenvalue weighted by molar-refractivity contribution is 7.89. The molecular formula is C28H40N4O4S2. The molecule has 0 atom stereocenters. The summed E-state index contributed by atoms with van der Waals surface area (Å²) in [6.07, 6.45) is 1.72. The molecule has 0 spiro atoms. The van der Waals surface area contributed by atoms with E-state index in [2.05, 4.69) is 18.7 Å². The van der Waals surface area contributed by atoms with E-state index in [1.54, 1.807) is 24.1 Å². The van der Waals surface area contributed by atoms with Gasteiger partial charge in [0.1, 0.15) is 11.3 Å². The lowest BCUT2D eigenvalue weighted by Gasteiger charge is -2.25. The number of thiazole rings is 1. The van der Waals surface area contributed by atoms with E-state index in [1.807, 2.05) is 32.9 Å². The molecule has 0 fully saturated rings. The minimum absolute atomic E-state index is 0.196. The number of unbranched alkanes of at least 4 members (excludes halogenated alkanes) is 1. The summed E-state index contributed by atoms with van der Waals surface area (Å²) in [4.78, 5) is 22.8. The Kier molecular flexibility index (Phi) is 10.7. The molecule has 0 aliphatic carbocycles. The van der Waals surface area contributed by atoms with Gasteiger partial charge in [0.05, 0.1) is 16.7 Å². The monoisotopic (exact) mass is 560 g/mol. The van der Waals surface area contributed by atoms with Gasteiger partial charge in [-0.15, -0.1) is 0 Å². The van der Waals surface area contributed by atoms with Gasteiger partial charge in [-0.1, -0.05) is 51.5 Å². The molecule has 0 aliphatic rings. The molecule has 1 heterocycles. The maximum absolute atomic E-state index is 13.8. The topological polar surface area (TPSA) is 83.1 Å². The van der Waals surface area contributed by atoms with Crippen molar-refractivity contribution in [3.8, 4) is 5.75 Å². The van der Waals surface area contributed by atoms with Gasteiger partial charge in [-0.2, -0.15) is 4.31 Å². The number of carbonyl (C=O) groups excluding carboxylic acids is 1. The van der Waals surface area contributed by atoms with Crippen molar-refractivity contribution in [1.29, 1.82) is 0 Å². The van der Waals surface area contributed by atoms with Crippen LogP contribution >= 0.6 is 11.3 Å². The van der Waals surface area contributed by atoms with Crippen LogP contribution in [0, 0.1) is 6.92 Å². The number of amides is 1. The molecular weight excluding hydrogens is 520 g/mol. The summed E-state index contributed by atoms with van der Waals surface area (Å²) in [5.74, 6) is 0.456. The Morgan fingerprint density at radius 1 is 0.947 bits per heavy atom. The number of aromatic nitrogens is 1. The van der Waals surface area contributed by atoms with Crippen molar-refractivity contribution in [1.82, 2.24) is 14.2 Å². The number of carbonyl (C=O) groups is 1. The zero-order chi connectivity index (χ0) is 27.9. The molecule has 1 amide bonds. The maximum atomic E-state index is 13.8. The predicted molar refractivity (Wildman–Crippen MR) is 156 cm³/mol. The minimum atomic E-state index is -3.62. The third-order valence-corrected chi connectivity index (χ3v) is 9.98. The van der Waals surface area contributed by atoms with Crippen LogP contribution in [0.3, 0.4) is 0 Å². The fourth-order valence-electron chi connectivity index (χ4n) is 4.30. The van der Waals surface area contributed by atoms with Gasteiger partial charge < -0.3 is 9.64 Å². The van der Waals surface area contributed by atoms with E-state index in [-0.39, 0.29) is 10.8 Å². The van der Waals surface area contributed by atoms with Crippen molar-refractivity contribution in [2.24, 2.45) is 0 Å². The number of fused-ring (bicyclic) bond motifs is 1. The fraction of sp³-hybridized carbons (Fsp3) is 0.500. The summed E-state index contributed by atoms with van der Waals surface area (Å²) in [6, 6.07) is 10.2. The summed E-state index contributed by atoms with van der Waals surface area (Å²) in [5.41, 5.74) is 2.23. The van der Waals surface area contributed by atoms with Crippen LogP contribution < -0.4 is 9.64 Å². The Balaban J connectivity index is 1.97. The summed E-state index contributed by atoms with van der Waals surface area (Å²) in [5, 5.41) is 0.596. The molecule has 0 aliphatic heterocycles. The number of rotatable bonds is 14. The smallest absolute Gasteiger partial charge is 0.260 e. The molecule has 38 heavy (non-hydrogen) atoms. The highest BCUT2D eigenvalue weighted by Gasteiger charge is 2.26. The van der Waals surface area contributed by atoms with Gasteiger partial charge >= 0.3 is 0 Å². The molecule has 1 aromatic heterocycles. The Hall–Kier alpha value is -2.53. The number of sulfonamides is 1. The van der Waals surface area contributed by atoms with Crippen molar-refractivity contribution >= 4 is 42.6 Å². The van der Waals surface area contributed by atoms with Crippen molar-refractivity contribution in [3.63, 3.8) is 0 Å². The molecule has 0 radical (unpaired) electrons. The first-order valence-electron chi connectivity index (χ1n) is 13.3. The van der Waals surface area contributed by atoms with Crippen molar-refractivity contribution in [2.45, 2.75) is 52.4 Å². The van der Waals surface area contributed by atoms with E-state index in [4.69, 9.17) is 9.72 Å². The first-order valence-corrected chi connectivity index (χ1v) is 15.6. The Bertz CT molecular complexity index is 1320.